The highest BCUT2D eigenvalue weighted by Gasteiger charge is 2.12. The lowest BCUT2D eigenvalue weighted by Crippen LogP contribution is -2.16. The van der Waals surface area contributed by atoms with Crippen LogP contribution in [0.3, 0.4) is 0 Å². The Morgan fingerprint density at radius 3 is 2.86 bits per heavy atom. The summed E-state index contributed by atoms with van der Waals surface area (Å²) in [6.45, 7) is 1.85. The summed E-state index contributed by atoms with van der Waals surface area (Å²) in [6, 6.07) is 3.76. The van der Waals surface area contributed by atoms with Gasteiger partial charge in [-0.1, -0.05) is 11.5 Å². The van der Waals surface area contributed by atoms with Gasteiger partial charge in [0.05, 0.1) is 12.2 Å². The van der Waals surface area contributed by atoms with E-state index in [0.29, 0.717) is 5.46 Å². The van der Waals surface area contributed by atoms with Crippen LogP contribution in [0.15, 0.2) is 18.2 Å². The van der Waals surface area contributed by atoms with Gasteiger partial charge < -0.3 is 9.76 Å². The van der Waals surface area contributed by atoms with Gasteiger partial charge in [0, 0.05) is 0 Å². The van der Waals surface area contributed by atoms with Gasteiger partial charge in [-0.05, 0) is 19.1 Å². The van der Waals surface area contributed by atoms with E-state index in [1.54, 1.807) is 6.92 Å². The van der Waals surface area contributed by atoms with E-state index in [2.05, 4.69) is 4.74 Å². The summed E-state index contributed by atoms with van der Waals surface area (Å²) in [5, 5.41) is 8.59. The third kappa shape index (κ3) is 2.32. The lowest BCUT2D eigenvalue weighted by Gasteiger charge is -2.03. The van der Waals surface area contributed by atoms with E-state index in [4.69, 9.17) is 5.02 Å². The number of halogens is 1. The third-order valence-electron chi connectivity index (χ3n) is 1.64. The maximum atomic E-state index is 13.2. The van der Waals surface area contributed by atoms with E-state index >= 15 is 0 Å². The van der Waals surface area contributed by atoms with Crippen molar-refractivity contribution in [3.63, 3.8) is 0 Å². The van der Waals surface area contributed by atoms with Crippen LogP contribution in [0.4, 0.5) is 4.39 Å². The predicted octanol–water partition coefficient (Wildman–Crippen LogP) is 0.239. The number of rotatable bonds is 3. The van der Waals surface area contributed by atoms with Gasteiger partial charge in [0.15, 0.2) is 0 Å². The molecule has 0 unspecified atom stereocenters. The summed E-state index contributed by atoms with van der Waals surface area (Å²) in [4.78, 5) is 11.1. The molecule has 0 aromatic heterocycles. The Morgan fingerprint density at radius 1 is 1.64 bits per heavy atom. The summed E-state index contributed by atoms with van der Waals surface area (Å²) >= 11 is 0. The quantitative estimate of drug-likeness (QED) is 0.555. The Labute approximate surface area is 81.8 Å². The molecule has 1 rings (SSSR count). The molecular weight excluding hydrogens is 186 g/mol. The number of benzene rings is 1. The molecule has 0 spiro atoms. The van der Waals surface area contributed by atoms with E-state index in [9.17, 15) is 9.18 Å². The zero-order chi connectivity index (χ0) is 10.6. The van der Waals surface area contributed by atoms with E-state index < -0.39 is 11.8 Å². The van der Waals surface area contributed by atoms with Crippen LogP contribution < -0.4 is 5.46 Å². The first kappa shape index (κ1) is 10.7. The van der Waals surface area contributed by atoms with E-state index in [1.165, 1.54) is 12.1 Å². The van der Waals surface area contributed by atoms with Crippen LogP contribution in [-0.4, -0.2) is 25.1 Å². The van der Waals surface area contributed by atoms with Crippen molar-refractivity contribution >= 4 is 18.9 Å². The highest BCUT2D eigenvalue weighted by atomic mass is 19.1. The van der Waals surface area contributed by atoms with Gasteiger partial charge in [-0.15, -0.1) is 0 Å². The maximum Gasteiger partial charge on any atom is 0.341 e. The van der Waals surface area contributed by atoms with Crippen molar-refractivity contribution in [1.29, 1.82) is 0 Å². The van der Waals surface area contributed by atoms with Gasteiger partial charge in [0.25, 0.3) is 0 Å². The molecule has 0 atom stereocenters. The highest BCUT2D eigenvalue weighted by molar-refractivity contribution is 6.45. The fourth-order valence-corrected chi connectivity index (χ4v) is 0.986. The second kappa shape index (κ2) is 4.76. The molecule has 14 heavy (non-hydrogen) atoms. The van der Waals surface area contributed by atoms with Crippen LogP contribution >= 0.6 is 0 Å². The predicted molar refractivity (Wildman–Crippen MR) is 50.0 cm³/mol. The second-order valence-corrected chi connectivity index (χ2v) is 2.59. The minimum atomic E-state index is -0.703. The van der Waals surface area contributed by atoms with Gasteiger partial charge in [-0.25, -0.2) is 9.18 Å². The summed E-state index contributed by atoms with van der Waals surface area (Å²) in [6.07, 6.45) is 0. The minimum absolute atomic E-state index is 0.127. The molecule has 1 aromatic carbocycles. The Morgan fingerprint density at radius 2 is 2.36 bits per heavy atom. The van der Waals surface area contributed by atoms with Crippen molar-refractivity contribution < 1.29 is 18.9 Å². The monoisotopic (exact) mass is 195 g/mol. The van der Waals surface area contributed by atoms with Crippen molar-refractivity contribution in [2.75, 3.05) is 6.61 Å². The Kier molecular flexibility index (Phi) is 3.65. The van der Waals surface area contributed by atoms with Gasteiger partial charge in [0.1, 0.15) is 5.82 Å². The zero-order valence-electron chi connectivity index (χ0n) is 7.66. The molecule has 0 aliphatic carbocycles. The van der Waals surface area contributed by atoms with Crippen molar-refractivity contribution in [3.05, 3.63) is 29.6 Å². The molecule has 0 aliphatic heterocycles. The molecule has 1 aromatic rings. The Balaban J connectivity index is 2.94. The third-order valence-corrected chi connectivity index (χ3v) is 1.64. The molecule has 3 nitrogen and oxygen atoms in total. The molecular formula is C9H9BFO3. The summed E-state index contributed by atoms with van der Waals surface area (Å²) < 4.78 is 17.8. The first-order valence-electron chi connectivity index (χ1n) is 4.13. The molecule has 0 saturated heterocycles. The van der Waals surface area contributed by atoms with Crippen molar-refractivity contribution in [2.24, 2.45) is 0 Å². The first-order valence-corrected chi connectivity index (χ1v) is 4.13. The van der Waals surface area contributed by atoms with Crippen molar-refractivity contribution in [1.82, 2.24) is 0 Å². The van der Waals surface area contributed by atoms with Crippen LogP contribution in [0.1, 0.15) is 17.3 Å². The lowest BCUT2D eigenvalue weighted by atomic mass is 9.88. The fraction of sp³-hybridized carbons (Fsp3) is 0.222. The number of esters is 1. The molecule has 0 saturated carbocycles. The zero-order valence-corrected chi connectivity index (χ0v) is 7.66. The van der Waals surface area contributed by atoms with Gasteiger partial charge >= 0.3 is 13.5 Å². The van der Waals surface area contributed by atoms with Crippen LogP contribution in [0.5, 0.6) is 0 Å². The summed E-state index contributed by atoms with van der Waals surface area (Å²) in [5.41, 5.74) is 0.174. The van der Waals surface area contributed by atoms with Crippen LogP contribution in [-0.2, 0) is 4.74 Å². The average molecular weight is 195 g/mol. The molecule has 1 N–H and O–H groups in total. The summed E-state index contributed by atoms with van der Waals surface area (Å²) in [5.74, 6) is -1.40. The smallest absolute Gasteiger partial charge is 0.341 e. The molecule has 1 radical (unpaired) electrons. The average Bonchev–Trinajstić information content (AvgIpc) is 2.17. The minimum Gasteiger partial charge on any atom is -0.462 e. The number of ether oxygens (including phenoxy) is 1. The highest BCUT2D eigenvalue weighted by Crippen LogP contribution is 2.06. The lowest BCUT2D eigenvalue weighted by molar-refractivity contribution is 0.0521. The van der Waals surface area contributed by atoms with E-state index in [0.717, 1.165) is 13.5 Å². The molecule has 0 bridgehead atoms. The Bertz CT molecular complexity index is 341. The SMILES string of the molecule is CCOC(=O)c1ccc([B]O)cc1F. The number of carbonyl (C=O) groups excluding carboxylic acids is 1. The van der Waals surface area contributed by atoms with Crippen LogP contribution in [0.2, 0.25) is 0 Å². The number of carbonyl (C=O) groups is 1. The number of hydrogen-bond acceptors (Lipinski definition) is 3. The van der Waals surface area contributed by atoms with Crippen molar-refractivity contribution in [2.45, 2.75) is 6.92 Å². The van der Waals surface area contributed by atoms with Crippen LogP contribution in [0, 0.1) is 5.82 Å². The molecule has 0 aliphatic rings. The number of hydrogen-bond donors (Lipinski definition) is 1. The standard InChI is InChI=1S/C9H9BFO3/c1-2-14-9(12)7-4-3-6(10-13)5-8(7)11/h3-5,13H,2H2,1H3. The molecule has 0 fully saturated rings. The maximum absolute atomic E-state index is 13.2. The molecule has 0 amide bonds. The van der Waals surface area contributed by atoms with Gasteiger partial charge in [-0.3, -0.25) is 0 Å². The normalized spacial score (nSPS) is 9.64. The largest absolute Gasteiger partial charge is 0.462 e. The van der Waals surface area contributed by atoms with E-state index in [-0.39, 0.29) is 12.2 Å². The Hall–Kier alpha value is -1.36. The molecule has 0 heterocycles. The second-order valence-electron chi connectivity index (χ2n) is 2.59. The van der Waals surface area contributed by atoms with Crippen molar-refractivity contribution in [3.8, 4) is 0 Å². The molecule has 5 heteroatoms. The summed E-state index contributed by atoms with van der Waals surface area (Å²) in [7, 11) is 0.762. The van der Waals surface area contributed by atoms with Gasteiger partial charge in [-0.2, -0.15) is 0 Å². The topological polar surface area (TPSA) is 46.5 Å². The van der Waals surface area contributed by atoms with Gasteiger partial charge in [0.2, 0.25) is 0 Å². The van der Waals surface area contributed by atoms with Crippen LogP contribution in [0.25, 0.3) is 0 Å². The molecule has 73 valence electrons. The fourth-order valence-electron chi connectivity index (χ4n) is 0.986. The first-order chi connectivity index (χ1) is 6.69. The van der Waals surface area contributed by atoms with E-state index in [1.807, 2.05) is 0 Å².